The molecule has 5 nitrogen and oxygen atoms in total. The fourth-order valence-corrected chi connectivity index (χ4v) is 4.28. The summed E-state index contributed by atoms with van der Waals surface area (Å²) >= 11 is 6.21. The molecule has 0 N–H and O–H groups in total. The molecule has 2 aromatic carbocycles. The van der Waals surface area contributed by atoms with Crippen LogP contribution >= 0.6 is 11.6 Å². The molecule has 1 aliphatic rings. The largest absolute Gasteiger partial charge is 0.436 e. The molecule has 0 bridgehead atoms. The summed E-state index contributed by atoms with van der Waals surface area (Å²) < 4.78 is 11.6. The van der Waals surface area contributed by atoms with Crippen molar-refractivity contribution in [2.75, 3.05) is 32.8 Å². The molecule has 1 aliphatic heterocycles. The number of nitrogens with zero attached hydrogens (tertiary/aromatic N) is 2. The lowest BCUT2D eigenvalue weighted by molar-refractivity contribution is -0.119. The van der Waals surface area contributed by atoms with Crippen LogP contribution in [0, 0.1) is 5.92 Å². The summed E-state index contributed by atoms with van der Waals surface area (Å²) in [7, 11) is 0. The molecule has 0 saturated carbocycles. The summed E-state index contributed by atoms with van der Waals surface area (Å²) in [5.74, 6) is 1.60. The van der Waals surface area contributed by atoms with Crippen molar-refractivity contribution in [1.29, 1.82) is 0 Å². The first-order valence-corrected chi connectivity index (χ1v) is 12.0. The normalized spacial score (nSPS) is 14.7. The van der Waals surface area contributed by atoms with Gasteiger partial charge in [0.25, 0.3) is 0 Å². The number of oxazole rings is 1. The molecular formula is C27H31ClN2O3. The van der Waals surface area contributed by atoms with Gasteiger partial charge in [0.2, 0.25) is 5.89 Å². The maximum atomic E-state index is 12.5. The molecular weight excluding hydrogens is 436 g/mol. The molecule has 1 saturated heterocycles. The number of hydrogen-bond acceptors (Lipinski definition) is 5. The number of aromatic nitrogens is 1. The summed E-state index contributed by atoms with van der Waals surface area (Å²) in [6.45, 7) is 8.76. The van der Waals surface area contributed by atoms with Gasteiger partial charge in [-0.15, -0.1) is 0 Å². The lowest BCUT2D eigenvalue weighted by Gasteiger charge is -2.26. The quantitative estimate of drug-likeness (QED) is 0.405. The Bertz CT molecular complexity index is 1070. The summed E-state index contributed by atoms with van der Waals surface area (Å²) in [5.41, 5.74) is 3.67. The molecule has 6 heteroatoms. The van der Waals surface area contributed by atoms with E-state index < -0.39 is 0 Å². The Balaban J connectivity index is 1.54. The van der Waals surface area contributed by atoms with E-state index in [1.54, 1.807) is 0 Å². The molecule has 2 heterocycles. The van der Waals surface area contributed by atoms with Crippen molar-refractivity contribution in [3.8, 4) is 22.8 Å². The topological polar surface area (TPSA) is 55.6 Å². The third-order valence-electron chi connectivity index (χ3n) is 5.81. The molecule has 4 rings (SSSR count). The highest BCUT2D eigenvalue weighted by Gasteiger charge is 2.20. The van der Waals surface area contributed by atoms with Crippen LogP contribution in [0.2, 0.25) is 5.02 Å². The number of carbonyl (C=O) groups is 1. The van der Waals surface area contributed by atoms with E-state index in [0.29, 0.717) is 34.7 Å². The van der Waals surface area contributed by atoms with Gasteiger partial charge in [-0.2, -0.15) is 0 Å². The van der Waals surface area contributed by atoms with Gasteiger partial charge in [-0.25, -0.2) is 4.98 Å². The lowest BCUT2D eigenvalue weighted by Crippen LogP contribution is -2.37. The molecule has 1 fully saturated rings. The number of hydrogen-bond donors (Lipinski definition) is 0. The number of rotatable bonds is 9. The number of benzene rings is 2. The van der Waals surface area contributed by atoms with Crippen molar-refractivity contribution in [3.05, 3.63) is 64.8 Å². The standard InChI is InChI=1S/C27H31ClN2O3/c1-19(2)16-24(31)18-25-26(22-4-3-5-23(28)17-22)33-27(29-25)21-8-6-20(7-9-21)10-11-30-12-14-32-15-13-30/h3-9,17,19H,10-16,18H2,1-2H3. The van der Waals surface area contributed by atoms with Crippen molar-refractivity contribution in [1.82, 2.24) is 9.88 Å². The van der Waals surface area contributed by atoms with E-state index in [-0.39, 0.29) is 12.2 Å². The smallest absolute Gasteiger partial charge is 0.227 e. The average Bonchev–Trinajstić information content (AvgIpc) is 3.22. The lowest BCUT2D eigenvalue weighted by atomic mass is 10.0. The van der Waals surface area contributed by atoms with Crippen LogP contribution in [0.4, 0.5) is 0 Å². The van der Waals surface area contributed by atoms with Crippen LogP contribution in [0.25, 0.3) is 22.8 Å². The number of halogens is 1. The molecule has 0 radical (unpaired) electrons. The van der Waals surface area contributed by atoms with Crippen LogP contribution in [0.3, 0.4) is 0 Å². The zero-order chi connectivity index (χ0) is 23.2. The first kappa shape index (κ1) is 23.7. The fourth-order valence-electron chi connectivity index (χ4n) is 4.09. The zero-order valence-electron chi connectivity index (χ0n) is 19.4. The Morgan fingerprint density at radius 1 is 1.09 bits per heavy atom. The fraction of sp³-hybridized carbons (Fsp3) is 0.407. The van der Waals surface area contributed by atoms with Crippen LogP contribution < -0.4 is 0 Å². The van der Waals surface area contributed by atoms with Gasteiger partial charge in [0.1, 0.15) is 5.78 Å². The second-order valence-corrected chi connectivity index (χ2v) is 9.46. The number of ketones is 1. The Hall–Kier alpha value is -2.47. The molecule has 3 aromatic rings. The van der Waals surface area contributed by atoms with Crippen LogP contribution in [0.1, 0.15) is 31.5 Å². The average molecular weight is 467 g/mol. The highest BCUT2D eigenvalue weighted by molar-refractivity contribution is 6.30. The van der Waals surface area contributed by atoms with Gasteiger partial charge >= 0.3 is 0 Å². The molecule has 0 atom stereocenters. The molecule has 0 amide bonds. The Kier molecular flexibility index (Phi) is 7.97. The molecule has 174 valence electrons. The highest BCUT2D eigenvalue weighted by Crippen LogP contribution is 2.32. The Morgan fingerprint density at radius 3 is 2.55 bits per heavy atom. The van der Waals surface area contributed by atoms with Crippen LogP contribution in [0.5, 0.6) is 0 Å². The maximum Gasteiger partial charge on any atom is 0.227 e. The van der Waals surface area contributed by atoms with Gasteiger partial charge in [-0.1, -0.05) is 49.7 Å². The van der Waals surface area contributed by atoms with Crippen LogP contribution in [0.15, 0.2) is 52.9 Å². The predicted octanol–water partition coefficient (Wildman–Crippen LogP) is 5.69. The molecule has 0 unspecified atom stereocenters. The van der Waals surface area contributed by atoms with Crippen molar-refractivity contribution in [2.24, 2.45) is 5.92 Å². The first-order chi connectivity index (χ1) is 16.0. The van der Waals surface area contributed by atoms with Crippen molar-refractivity contribution in [2.45, 2.75) is 33.1 Å². The summed E-state index contributed by atoms with van der Waals surface area (Å²) in [6.07, 6.45) is 1.77. The third-order valence-corrected chi connectivity index (χ3v) is 6.04. The van der Waals surface area contributed by atoms with Crippen molar-refractivity contribution >= 4 is 17.4 Å². The third kappa shape index (κ3) is 6.53. The Labute approximate surface area is 200 Å². The predicted molar refractivity (Wildman–Crippen MR) is 132 cm³/mol. The minimum absolute atomic E-state index is 0.159. The SMILES string of the molecule is CC(C)CC(=O)Cc1nc(-c2ccc(CCN3CCOCC3)cc2)oc1-c1cccc(Cl)c1. The monoisotopic (exact) mass is 466 g/mol. The van der Waals surface area contributed by atoms with Crippen LogP contribution in [-0.4, -0.2) is 48.5 Å². The highest BCUT2D eigenvalue weighted by atomic mass is 35.5. The van der Waals surface area contributed by atoms with Gasteiger partial charge < -0.3 is 9.15 Å². The number of ether oxygens (including phenoxy) is 1. The van der Waals surface area contributed by atoms with Crippen LogP contribution in [-0.2, 0) is 22.4 Å². The molecule has 0 spiro atoms. The zero-order valence-corrected chi connectivity index (χ0v) is 20.1. The van der Waals surface area contributed by atoms with E-state index in [4.69, 9.17) is 25.7 Å². The summed E-state index contributed by atoms with van der Waals surface area (Å²) in [6, 6.07) is 15.8. The second kappa shape index (κ2) is 11.1. The van der Waals surface area contributed by atoms with Gasteiger partial charge in [0, 0.05) is 42.2 Å². The van der Waals surface area contributed by atoms with E-state index >= 15 is 0 Å². The van der Waals surface area contributed by atoms with E-state index in [1.165, 1.54) is 5.56 Å². The molecule has 1 aromatic heterocycles. The van der Waals surface area contributed by atoms with Crippen molar-refractivity contribution < 1.29 is 13.9 Å². The minimum Gasteiger partial charge on any atom is -0.436 e. The maximum absolute atomic E-state index is 12.5. The van der Waals surface area contributed by atoms with E-state index in [0.717, 1.165) is 50.4 Å². The van der Waals surface area contributed by atoms with Crippen molar-refractivity contribution in [3.63, 3.8) is 0 Å². The Morgan fingerprint density at radius 2 is 1.85 bits per heavy atom. The number of morpholine rings is 1. The molecule has 33 heavy (non-hydrogen) atoms. The minimum atomic E-state index is 0.159. The first-order valence-electron chi connectivity index (χ1n) is 11.6. The summed E-state index contributed by atoms with van der Waals surface area (Å²) in [5, 5.41) is 0.620. The van der Waals surface area contributed by atoms with Gasteiger partial charge in [0.05, 0.1) is 25.3 Å². The summed E-state index contributed by atoms with van der Waals surface area (Å²) in [4.78, 5) is 19.7. The molecule has 0 aliphatic carbocycles. The van der Waals surface area contributed by atoms with E-state index in [2.05, 4.69) is 17.0 Å². The van der Waals surface area contributed by atoms with E-state index in [1.807, 2.05) is 50.2 Å². The van der Waals surface area contributed by atoms with Gasteiger partial charge in [0.15, 0.2) is 5.76 Å². The number of Topliss-reactive ketones (excluding diaryl/α,β-unsaturated/α-hetero) is 1. The second-order valence-electron chi connectivity index (χ2n) is 9.02. The van der Waals surface area contributed by atoms with E-state index in [9.17, 15) is 4.79 Å². The van der Waals surface area contributed by atoms with Gasteiger partial charge in [-0.3, -0.25) is 9.69 Å². The van der Waals surface area contributed by atoms with Gasteiger partial charge in [-0.05, 0) is 42.2 Å². The number of carbonyl (C=O) groups excluding carboxylic acids is 1.